The predicted molar refractivity (Wildman–Crippen MR) is 130 cm³/mol. The molecule has 4 rings (SSSR count). The second kappa shape index (κ2) is 9.36. The fraction of sp³-hybridized carbons (Fsp3) is 0.250. The van der Waals surface area contributed by atoms with Crippen LogP contribution in [-0.2, 0) is 18.8 Å². The molecular formula is C24H24N8O3. The molecule has 0 aromatic carbocycles. The van der Waals surface area contributed by atoms with E-state index >= 15 is 0 Å². The number of primary amides is 1. The quantitative estimate of drug-likeness (QED) is 0.292. The van der Waals surface area contributed by atoms with Crippen molar-refractivity contribution in [1.82, 2.24) is 24.3 Å². The van der Waals surface area contributed by atoms with Crippen LogP contribution in [0.1, 0.15) is 32.1 Å². The number of carbonyl (C=O) groups excluding carboxylic acids is 2. The highest BCUT2D eigenvalue weighted by Gasteiger charge is 2.26. The van der Waals surface area contributed by atoms with Gasteiger partial charge in [-0.2, -0.15) is 10.4 Å². The number of fused-ring (bicyclic) bond motifs is 1. The summed E-state index contributed by atoms with van der Waals surface area (Å²) in [5, 5.41) is 17.0. The van der Waals surface area contributed by atoms with Crippen molar-refractivity contribution in [2.75, 3.05) is 25.6 Å². The first-order chi connectivity index (χ1) is 16.8. The van der Waals surface area contributed by atoms with E-state index < -0.39 is 5.91 Å². The Morgan fingerprint density at radius 3 is 2.69 bits per heavy atom. The number of ether oxygens (including phenoxy) is 1. The Morgan fingerprint density at radius 2 is 2.09 bits per heavy atom. The lowest BCUT2D eigenvalue weighted by atomic mass is 10.0. The minimum Gasteiger partial charge on any atom is -0.383 e. The summed E-state index contributed by atoms with van der Waals surface area (Å²) in [6, 6.07) is 5.59. The molecule has 1 amide bonds. The number of nitriles is 1. The molecule has 0 unspecified atom stereocenters. The molecule has 11 heteroatoms. The number of methoxy groups -OCH3 is 1. The number of hydrogen-bond acceptors (Lipinski definition) is 8. The summed E-state index contributed by atoms with van der Waals surface area (Å²) in [5.41, 5.74) is 10.8. The van der Waals surface area contributed by atoms with E-state index in [0.29, 0.717) is 58.7 Å². The van der Waals surface area contributed by atoms with Crippen LogP contribution in [0, 0.1) is 18.3 Å². The third-order valence-corrected chi connectivity index (χ3v) is 5.75. The number of aldehydes is 1. The highest BCUT2D eigenvalue weighted by atomic mass is 16.5. The molecule has 0 aliphatic carbocycles. The fourth-order valence-electron chi connectivity index (χ4n) is 4.17. The number of hydrogen-bond donors (Lipinski definition) is 2. The van der Waals surface area contributed by atoms with Gasteiger partial charge < -0.3 is 20.4 Å². The summed E-state index contributed by atoms with van der Waals surface area (Å²) in [5.74, 6) is -0.708. The van der Waals surface area contributed by atoms with Gasteiger partial charge in [0.1, 0.15) is 17.3 Å². The van der Waals surface area contributed by atoms with Crippen molar-refractivity contribution in [2.45, 2.75) is 6.92 Å². The van der Waals surface area contributed by atoms with Gasteiger partial charge in [-0.05, 0) is 19.1 Å². The number of nitrogens with zero attached hydrogens (tertiary/aromatic N) is 6. The molecule has 0 aliphatic heterocycles. The second-order valence-corrected chi connectivity index (χ2v) is 8.00. The molecule has 0 bridgehead atoms. The van der Waals surface area contributed by atoms with Crippen molar-refractivity contribution in [2.24, 2.45) is 19.8 Å². The summed E-state index contributed by atoms with van der Waals surface area (Å²) in [6.07, 6.45) is 3.89. The molecule has 4 aromatic heterocycles. The number of nitrogens with one attached hydrogen (secondary N) is 1. The molecule has 0 saturated heterocycles. The zero-order valence-electron chi connectivity index (χ0n) is 19.8. The zero-order valence-corrected chi connectivity index (χ0v) is 19.8. The van der Waals surface area contributed by atoms with Crippen LogP contribution in [0.5, 0.6) is 0 Å². The van der Waals surface area contributed by atoms with Gasteiger partial charge in [0.25, 0.3) is 5.91 Å². The average Bonchev–Trinajstić information content (AvgIpc) is 3.33. The zero-order chi connectivity index (χ0) is 25.3. The van der Waals surface area contributed by atoms with Crippen molar-refractivity contribution in [1.29, 1.82) is 5.26 Å². The summed E-state index contributed by atoms with van der Waals surface area (Å²) in [4.78, 5) is 33.5. The van der Waals surface area contributed by atoms with Crippen molar-refractivity contribution < 1.29 is 14.3 Å². The Hall–Kier alpha value is -4.56. The van der Waals surface area contributed by atoms with Crippen LogP contribution in [0.4, 0.5) is 5.69 Å². The van der Waals surface area contributed by atoms with Crippen LogP contribution >= 0.6 is 0 Å². The molecule has 11 nitrogen and oxygen atoms in total. The number of amides is 1. The van der Waals surface area contributed by atoms with E-state index in [-0.39, 0.29) is 11.3 Å². The maximum atomic E-state index is 12.6. The average molecular weight is 473 g/mol. The van der Waals surface area contributed by atoms with Crippen molar-refractivity contribution in [3.05, 3.63) is 47.0 Å². The van der Waals surface area contributed by atoms with E-state index in [1.165, 1.54) is 6.20 Å². The predicted octanol–water partition coefficient (Wildman–Crippen LogP) is 2.19. The number of aryl methyl sites for hydroxylation is 3. The van der Waals surface area contributed by atoms with E-state index in [1.807, 2.05) is 13.1 Å². The molecule has 0 spiro atoms. The van der Waals surface area contributed by atoms with Crippen molar-refractivity contribution in [3.8, 4) is 28.6 Å². The van der Waals surface area contributed by atoms with Gasteiger partial charge >= 0.3 is 0 Å². The van der Waals surface area contributed by atoms with Crippen LogP contribution in [0.2, 0.25) is 0 Å². The number of carbonyl (C=O) groups is 2. The lowest BCUT2D eigenvalue weighted by Gasteiger charge is -2.11. The van der Waals surface area contributed by atoms with Crippen LogP contribution in [0.3, 0.4) is 0 Å². The van der Waals surface area contributed by atoms with Gasteiger partial charge in [-0.3, -0.25) is 19.3 Å². The third kappa shape index (κ3) is 4.11. The Kier molecular flexibility index (Phi) is 6.31. The maximum absolute atomic E-state index is 12.6. The minimum absolute atomic E-state index is 0.139. The van der Waals surface area contributed by atoms with Gasteiger partial charge in [0, 0.05) is 51.3 Å². The van der Waals surface area contributed by atoms with Crippen molar-refractivity contribution in [3.63, 3.8) is 0 Å². The number of pyridine rings is 2. The Balaban J connectivity index is 1.98. The Bertz CT molecular complexity index is 1510. The van der Waals surface area contributed by atoms with Gasteiger partial charge in [-0.15, -0.1) is 0 Å². The van der Waals surface area contributed by atoms with Crippen molar-refractivity contribution >= 4 is 28.9 Å². The number of aromatic nitrogens is 5. The first kappa shape index (κ1) is 23.6. The summed E-state index contributed by atoms with van der Waals surface area (Å²) in [6.45, 7) is 2.76. The number of rotatable bonds is 8. The molecule has 4 aromatic rings. The van der Waals surface area contributed by atoms with E-state index in [1.54, 1.807) is 42.6 Å². The molecule has 0 fully saturated rings. The van der Waals surface area contributed by atoms with Crippen LogP contribution < -0.4 is 11.1 Å². The van der Waals surface area contributed by atoms with E-state index in [0.717, 1.165) is 11.3 Å². The molecule has 0 saturated carbocycles. The number of nitrogens with two attached hydrogens (primary N) is 1. The molecule has 4 heterocycles. The third-order valence-electron chi connectivity index (χ3n) is 5.75. The van der Waals surface area contributed by atoms with Crippen LogP contribution in [-0.4, -0.2) is 56.8 Å². The maximum Gasteiger partial charge on any atom is 0.253 e. The molecular weight excluding hydrogens is 448 g/mol. The summed E-state index contributed by atoms with van der Waals surface area (Å²) in [7, 11) is 5.15. The molecule has 35 heavy (non-hydrogen) atoms. The monoisotopic (exact) mass is 472 g/mol. The molecule has 178 valence electrons. The highest BCUT2D eigenvalue weighted by Crippen LogP contribution is 2.36. The molecule has 0 aliphatic rings. The summed E-state index contributed by atoms with van der Waals surface area (Å²) < 4.78 is 8.50. The van der Waals surface area contributed by atoms with Gasteiger partial charge in [-0.1, -0.05) is 0 Å². The van der Waals surface area contributed by atoms with E-state index in [4.69, 9.17) is 10.5 Å². The minimum atomic E-state index is -0.708. The normalized spacial score (nSPS) is 10.9. The summed E-state index contributed by atoms with van der Waals surface area (Å²) >= 11 is 0. The molecule has 3 N–H and O–H groups in total. The second-order valence-electron chi connectivity index (χ2n) is 8.00. The van der Waals surface area contributed by atoms with Gasteiger partial charge in [0.05, 0.1) is 46.0 Å². The van der Waals surface area contributed by atoms with Gasteiger partial charge in [0.2, 0.25) is 0 Å². The highest BCUT2D eigenvalue weighted by molar-refractivity contribution is 6.12. The van der Waals surface area contributed by atoms with Gasteiger partial charge in [-0.25, -0.2) is 4.98 Å². The number of anilines is 1. The lowest BCUT2D eigenvalue weighted by molar-refractivity contribution is 0.100. The fourth-order valence-corrected chi connectivity index (χ4v) is 4.17. The SMILES string of the molecule is COCCNc1cc(-c2c(C(N)=O)c3nc(C=O)c(-c4cn(C)nc4C)cc3n2C)ncc1C#N. The first-order valence-electron chi connectivity index (χ1n) is 10.7. The molecule has 0 atom stereocenters. The van der Waals surface area contributed by atoms with Crippen LogP contribution in [0.25, 0.3) is 33.5 Å². The molecule has 0 radical (unpaired) electrons. The lowest BCUT2D eigenvalue weighted by Crippen LogP contribution is -2.13. The van der Waals surface area contributed by atoms with Crippen LogP contribution in [0.15, 0.2) is 24.5 Å². The van der Waals surface area contributed by atoms with Gasteiger partial charge in [0.15, 0.2) is 6.29 Å². The largest absolute Gasteiger partial charge is 0.383 e. The topological polar surface area (TPSA) is 154 Å². The smallest absolute Gasteiger partial charge is 0.253 e. The first-order valence-corrected chi connectivity index (χ1v) is 10.7. The standard InChI is InChI=1S/C24H24N8O3/c1-13-16(11-31(2)30-13)15-7-20-22(29-19(15)12-33)21(24(26)34)23(32(20)3)18-8-17(27-5-6-35-4)14(9-25)10-28-18/h7-8,10-12H,5-6H2,1-4H3,(H2,26,34)(H,27,28). The Morgan fingerprint density at radius 1 is 1.31 bits per heavy atom. The van der Waals surface area contributed by atoms with E-state index in [9.17, 15) is 14.9 Å². The Labute approximate surface area is 201 Å². The van der Waals surface area contributed by atoms with E-state index in [2.05, 4.69) is 26.5 Å².